The molecule has 3 aromatic carbocycles. The van der Waals surface area contributed by atoms with Crippen LogP contribution >= 0.6 is 15.9 Å². The Labute approximate surface area is 236 Å². The molecule has 5 rings (SSSR count). The number of esters is 1. The van der Waals surface area contributed by atoms with E-state index in [-0.39, 0.29) is 24.9 Å². The summed E-state index contributed by atoms with van der Waals surface area (Å²) in [6, 6.07) is 25.0. The third-order valence-corrected chi connectivity index (χ3v) is 7.70. The molecule has 0 bridgehead atoms. The molecule has 3 aromatic rings. The number of methoxy groups -OCH3 is 1. The number of dihydropyridines is 1. The molecule has 0 spiro atoms. The van der Waals surface area contributed by atoms with E-state index in [1.807, 2.05) is 85.8 Å². The van der Waals surface area contributed by atoms with Gasteiger partial charge >= 0.3 is 5.97 Å². The molecule has 7 heteroatoms. The standard InChI is InChI=1S/C32H30BrNO5/c1-20-29(32(36)39-17-16-38-26-6-4-3-5-7-26)30(22-8-12-24(33)13-9-22)31-27(34-20)18-23(19-28(31)35)21-10-14-25(37-2)15-11-21/h3-15,23,30,34H,16-19H2,1-2H3/t23-,30+/m1/s1. The molecule has 1 heterocycles. The van der Waals surface area contributed by atoms with Crippen molar-refractivity contribution >= 4 is 27.7 Å². The predicted octanol–water partition coefficient (Wildman–Crippen LogP) is 6.44. The highest BCUT2D eigenvalue weighted by Crippen LogP contribution is 2.46. The van der Waals surface area contributed by atoms with Crippen molar-refractivity contribution in [2.24, 2.45) is 0 Å². The van der Waals surface area contributed by atoms with Crippen molar-refractivity contribution in [2.75, 3.05) is 20.3 Å². The van der Waals surface area contributed by atoms with Gasteiger partial charge in [0.2, 0.25) is 0 Å². The highest BCUT2D eigenvalue weighted by Gasteiger charge is 2.41. The zero-order valence-electron chi connectivity index (χ0n) is 21.9. The Balaban J connectivity index is 1.40. The number of rotatable bonds is 8. The van der Waals surface area contributed by atoms with Crippen molar-refractivity contribution in [2.45, 2.75) is 31.6 Å². The maximum atomic E-state index is 13.8. The lowest BCUT2D eigenvalue weighted by atomic mass is 9.72. The predicted molar refractivity (Wildman–Crippen MR) is 153 cm³/mol. The summed E-state index contributed by atoms with van der Waals surface area (Å²) >= 11 is 3.49. The van der Waals surface area contributed by atoms with Crippen LogP contribution in [0.15, 0.2) is 106 Å². The van der Waals surface area contributed by atoms with Crippen LogP contribution in [0, 0.1) is 0 Å². The number of carbonyl (C=O) groups is 2. The van der Waals surface area contributed by atoms with Crippen LogP contribution < -0.4 is 14.8 Å². The number of hydrogen-bond donors (Lipinski definition) is 1. The molecule has 6 nitrogen and oxygen atoms in total. The van der Waals surface area contributed by atoms with Crippen LogP contribution in [0.2, 0.25) is 0 Å². The molecule has 1 aliphatic carbocycles. The molecule has 1 aliphatic heterocycles. The summed E-state index contributed by atoms with van der Waals surface area (Å²) in [7, 11) is 1.64. The van der Waals surface area contributed by atoms with E-state index < -0.39 is 11.9 Å². The van der Waals surface area contributed by atoms with Crippen LogP contribution in [-0.2, 0) is 14.3 Å². The Morgan fingerprint density at radius 3 is 2.28 bits per heavy atom. The molecule has 39 heavy (non-hydrogen) atoms. The van der Waals surface area contributed by atoms with Gasteiger partial charge in [0.1, 0.15) is 24.7 Å². The Morgan fingerprint density at radius 1 is 0.897 bits per heavy atom. The fraction of sp³-hybridized carbons (Fsp3) is 0.250. The van der Waals surface area contributed by atoms with Gasteiger partial charge in [0.05, 0.1) is 12.7 Å². The summed E-state index contributed by atoms with van der Waals surface area (Å²) in [5.74, 6) is 0.592. The third kappa shape index (κ3) is 5.93. The number of Topliss-reactive ketones (excluding diaryl/α,β-unsaturated/α-hetero) is 1. The van der Waals surface area contributed by atoms with Gasteiger partial charge in [-0.2, -0.15) is 0 Å². The molecule has 2 atom stereocenters. The van der Waals surface area contributed by atoms with Crippen LogP contribution in [0.1, 0.15) is 42.7 Å². The number of benzene rings is 3. The number of para-hydroxylation sites is 1. The molecule has 0 saturated heterocycles. The van der Waals surface area contributed by atoms with Crippen molar-refractivity contribution in [3.8, 4) is 11.5 Å². The van der Waals surface area contributed by atoms with E-state index in [2.05, 4.69) is 21.2 Å². The number of halogens is 1. The molecule has 200 valence electrons. The van der Waals surface area contributed by atoms with Crippen molar-refractivity contribution in [1.82, 2.24) is 5.32 Å². The minimum Gasteiger partial charge on any atom is -0.497 e. The Morgan fingerprint density at radius 2 is 1.59 bits per heavy atom. The minimum atomic E-state index is -0.513. The van der Waals surface area contributed by atoms with Crippen molar-refractivity contribution < 1.29 is 23.8 Å². The van der Waals surface area contributed by atoms with E-state index in [1.165, 1.54) is 0 Å². The molecule has 0 fully saturated rings. The first-order valence-corrected chi connectivity index (χ1v) is 13.7. The van der Waals surface area contributed by atoms with Crippen LogP contribution in [0.5, 0.6) is 11.5 Å². The smallest absolute Gasteiger partial charge is 0.336 e. The van der Waals surface area contributed by atoms with Gasteiger partial charge in [-0.1, -0.05) is 58.4 Å². The van der Waals surface area contributed by atoms with E-state index in [0.29, 0.717) is 35.4 Å². The molecular formula is C32H30BrNO5. The molecule has 0 saturated carbocycles. The van der Waals surface area contributed by atoms with E-state index in [1.54, 1.807) is 7.11 Å². The molecular weight excluding hydrogens is 558 g/mol. The average molecular weight is 588 g/mol. The van der Waals surface area contributed by atoms with Gasteiger partial charge in [0.15, 0.2) is 5.78 Å². The highest BCUT2D eigenvalue weighted by atomic mass is 79.9. The summed E-state index contributed by atoms with van der Waals surface area (Å²) < 4.78 is 17.6. The second kappa shape index (κ2) is 11.9. The number of carbonyl (C=O) groups excluding carboxylic acids is 2. The molecule has 1 N–H and O–H groups in total. The SMILES string of the molecule is COc1ccc([C@H]2CC(=O)C3=C(C2)NC(C)=C(C(=O)OCCOc2ccccc2)[C@@H]3c2ccc(Br)cc2)cc1. The summed E-state index contributed by atoms with van der Waals surface area (Å²) in [4.78, 5) is 27.2. The number of hydrogen-bond acceptors (Lipinski definition) is 6. The van der Waals surface area contributed by atoms with Gasteiger partial charge in [0.25, 0.3) is 0 Å². The minimum absolute atomic E-state index is 0.0303. The molecule has 0 amide bonds. The van der Waals surface area contributed by atoms with Crippen LogP contribution in [0.3, 0.4) is 0 Å². The van der Waals surface area contributed by atoms with Crippen molar-refractivity contribution in [3.63, 3.8) is 0 Å². The first kappa shape index (κ1) is 26.8. The lowest BCUT2D eigenvalue weighted by Gasteiger charge is -2.36. The normalized spacial score (nSPS) is 18.8. The quantitative estimate of drug-likeness (QED) is 0.241. The topological polar surface area (TPSA) is 73.9 Å². The van der Waals surface area contributed by atoms with Crippen LogP contribution in [-0.4, -0.2) is 32.1 Å². The maximum Gasteiger partial charge on any atom is 0.336 e. The summed E-state index contributed by atoms with van der Waals surface area (Å²) in [5, 5.41) is 3.40. The summed E-state index contributed by atoms with van der Waals surface area (Å²) in [6.45, 7) is 2.19. The first-order valence-electron chi connectivity index (χ1n) is 12.9. The average Bonchev–Trinajstić information content (AvgIpc) is 2.95. The summed E-state index contributed by atoms with van der Waals surface area (Å²) in [6.07, 6.45) is 1.04. The lowest BCUT2D eigenvalue weighted by molar-refractivity contribution is -0.140. The Hall–Kier alpha value is -3.84. The zero-order valence-corrected chi connectivity index (χ0v) is 23.5. The van der Waals surface area contributed by atoms with Gasteiger partial charge in [-0.05, 0) is 66.8 Å². The Bertz CT molecular complexity index is 1410. The lowest BCUT2D eigenvalue weighted by Crippen LogP contribution is -2.36. The first-order chi connectivity index (χ1) is 18.9. The molecule has 0 radical (unpaired) electrons. The van der Waals surface area contributed by atoms with Crippen molar-refractivity contribution in [3.05, 3.63) is 117 Å². The number of allylic oxidation sites excluding steroid dienone is 3. The Kier molecular flexibility index (Phi) is 8.17. The second-order valence-corrected chi connectivity index (χ2v) is 10.6. The maximum absolute atomic E-state index is 13.8. The van der Waals surface area contributed by atoms with Crippen LogP contribution in [0.25, 0.3) is 0 Å². The molecule has 0 unspecified atom stereocenters. The summed E-state index contributed by atoms with van der Waals surface area (Å²) in [5.41, 5.74) is 4.60. The van der Waals surface area contributed by atoms with Gasteiger partial charge in [0, 0.05) is 33.8 Å². The molecule has 2 aliphatic rings. The van der Waals surface area contributed by atoms with Gasteiger partial charge in [-0.25, -0.2) is 4.79 Å². The third-order valence-electron chi connectivity index (χ3n) is 7.17. The monoisotopic (exact) mass is 587 g/mol. The second-order valence-electron chi connectivity index (χ2n) is 9.64. The van der Waals surface area contributed by atoms with E-state index in [9.17, 15) is 9.59 Å². The number of nitrogens with one attached hydrogen (secondary N) is 1. The number of ether oxygens (including phenoxy) is 3. The highest BCUT2D eigenvalue weighted by molar-refractivity contribution is 9.10. The van der Waals surface area contributed by atoms with Crippen molar-refractivity contribution in [1.29, 1.82) is 0 Å². The van der Waals surface area contributed by atoms with E-state index in [0.717, 1.165) is 27.0 Å². The van der Waals surface area contributed by atoms with Gasteiger partial charge in [-0.3, -0.25) is 4.79 Å². The van der Waals surface area contributed by atoms with Gasteiger partial charge < -0.3 is 19.5 Å². The zero-order chi connectivity index (χ0) is 27.4. The molecule has 0 aromatic heterocycles. The number of ketones is 1. The fourth-order valence-corrected chi connectivity index (χ4v) is 5.56. The van der Waals surface area contributed by atoms with Gasteiger partial charge in [-0.15, -0.1) is 0 Å². The van der Waals surface area contributed by atoms with E-state index in [4.69, 9.17) is 14.2 Å². The fourth-order valence-electron chi connectivity index (χ4n) is 5.30. The largest absolute Gasteiger partial charge is 0.497 e. The van der Waals surface area contributed by atoms with E-state index >= 15 is 0 Å². The van der Waals surface area contributed by atoms with Crippen LogP contribution in [0.4, 0.5) is 0 Å².